The average Bonchev–Trinajstić information content (AvgIpc) is 2.42. The molecule has 2 N–H and O–H groups in total. The van der Waals surface area contributed by atoms with E-state index in [0.717, 1.165) is 27.4 Å². The fraction of sp³-hybridized carbons (Fsp3) is 0.533. The van der Waals surface area contributed by atoms with Gasteiger partial charge in [-0.15, -0.1) is 0 Å². The summed E-state index contributed by atoms with van der Waals surface area (Å²) in [5.41, 5.74) is 7.08. The number of rotatable bonds is 7. The molecule has 0 aliphatic carbocycles. The van der Waals surface area contributed by atoms with Crippen molar-refractivity contribution in [3.63, 3.8) is 0 Å². The molecule has 1 aromatic rings. The molecule has 2 atom stereocenters. The molecule has 1 rings (SSSR count). The molecule has 0 saturated heterocycles. The molecule has 1 aromatic carbocycles. The van der Waals surface area contributed by atoms with E-state index in [0.29, 0.717) is 12.4 Å². The molecule has 0 amide bonds. The summed E-state index contributed by atoms with van der Waals surface area (Å²) in [6.07, 6.45) is 1.05. The molecule has 0 spiro atoms. The molecule has 0 saturated carbocycles. The van der Waals surface area contributed by atoms with Gasteiger partial charge in [-0.05, 0) is 76.2 Å². The van der Waals surface area contributed by atoms with Gasteiger partial charge in [0.1, 0.15) is 5.75 Å². The number of halogens is 2. The van der Waals surface area contributed by atoms with E-state index in [2.05, 4.69) is 38.8 Å². The van der Waals surface area contributed by atoms with E-state index in [1.54, 1.807) is 13.8 Å². The van der Waals surface area contributed by atoms with E-state index in [-0.39, 0.29) is 12.0 Å². The molecule has 4 nitrogen and oxygen atoms in total. The number of esters is 1. The number of ether oxygens (including phenoxy) is 2. The van der Waals surface area contributed by atoms with Gasteiger partial charge in [-0.3, -0.25) is 0 Å². The quantitative estimate of drug-likeness (QED) is 0.678. The molecule has 0 aliphatic heterocycles. The van der Waals surface area contributed by atoms with Crippen molar-refractivity contribution in [1.29, 1.82) is 0 Å². The van der Waals surface area contributed by atoms with Crippen molar-refractivity contribution in [2.24, 2.45) is 5.73 Å². The van der Waals surface area contributed by atoms with Gasteiger partial charge < -0.3 is 15.2 Å². The summed E-state index contributed by atoms with van der Waals surface area (Å²) >= 11 is 6.96. The third-order valence-corrected chi connectivity index (χ3v) is 4.17. The van der Waals surface area contributed by atoms with Crippen LogP contribution in [0.3, 0.4) is 0 Å². The minimum atomic E-state index is -0.665. The Labute approximate surface area is 142 Å². The Kier molecular flexibility index (Phi) is 7.70. The summed E-state index contributed by atoms with van der Waals surface area (Å²) in [6, 6.07) is 4.06. The lowest BCUT2D eigenvalue weighted by Gasteiger charge is -2.17. The van der Waals surface area contributed by atoms with Crippen molar-refractivity contribution in [2.45, 2.75) is 45.8 Å². The first-order valence-corrected chi connectivity index (χ1v) is 8.54. The van der Waals surface area contributed by atoms with Crippen molar-refractivity contribution >= 4 is 37.8 Å². The predicted molar refractivity (Wildman–Crippen MR) is 90.5 cm³/mol. The van der Waals surface area contributed by atoms with E-state index in [1.807, 2.05) is 12.1 Å². The second kappa shape index (κ2) is 8.76. The van der Waals surface area contributed by atoms with Crippen LogP contribution in [0.4, 0.5) is 0 Å². The Morgan fingerprint density at radius 2 is 1.86 bits per heavy atom. The van der Waals surface area contributed by atoms with Crippen LogP contribution < -0.4 is 10.5 Å². The van der Waals surface area contributed by atoms with Crippen LogP contribution in [0, 0.1) is 0 Å². The van der Waals surface area contributed by atoms with Gasteiger partial charge in [0.15, 0.2) is 6.10 Å². The summed E-state index contributed by atoms with van der Waals surface area (Å²) in [6.45, 7) is 5.83. The fourth-order valence-electron chi connectivity index (χ4n) is 1.77. The third kappa shape index (κ3) is 5.60. The molecule has 0 aromatic heterocycles. The SMILES string of the molecule is CCOC(=O)C(C)Oc1c(Br)cc(CC(N)CC)cc1Br. The minimum absolute atomic E-state index is 0.133. The highest BCUT2D eigenvalue weighted by Gasteiger charge is 2.19. The van der Waals surface area contributed by atoms with Crippen LogP contribution in [-0.2, 0) is 16.0 Å². The number of hydrogen-bond donors (Lipinski definition) is 1. The molecule has 6 heteroatoms. The first-order valence-electron chi connectivity index (χ1n) is 6.95. The zero-order valence-electron chi connectivity index (χ0n) is 12.5. The zero-order valence-corrected chi connectivity index (χ0v) is 15.7. The van der Waals surface area contributed by atoms with Crippen LogP contribution in [0.2, 0.25) is 0 Å². The largest absolute Gasteiger partial charge is 0.477 e. The maximum atomic E-state index is 11.6. The first kappa shape index (κ1) is 18.5. The second-order valence-electron chi connectivity index (χ2n) is 4.77. The number of carbonyl (C=O) groups excluding carboxylic acids is 1. The third-order valence-electron chi connectivity index (χ3n) is 2.99. The molecule has 21 heavy (non-hydrogen) atoms. The summed E-state index contributed by atoms with van der Waals surface area (Å²) in [4.78, 5) is 11.6. The molecule has 0 heterocycles. The Hall–Kier alpha value is -0.590. The van der Waals surface area contributed by atoms with Crippen LogP contribution >= 0.6 is 31.9 Å². The fourth-order valence-corrected chi connectivity index (χ4v) is 3.24. The molecular formula is C15H21Br2NO3. The summed E-state index contributed by atoms with van der Waals surface area (Å²) < 4.78 is 12.2. The number of hydrogen-bond acceptors (Lipinski definition) is 4. The number of carbonyl (C=O) groups is 1. The lowest BCUT2D eigenvalue weighted by Crippen LogP contribution is -2.26. The van der Waals surface area contributed by atoms with Gasteiger partial charge in [0.05, 0.1) is 15.6 Å². The maximum Gasteiger partial charge on any atom is 0.347 e. The predicted octanol–water partition coefficient (Wildman–Crippen LogP) is 3.82. The molecular weight excluding hydrogens is 402 g/mol. The summed E-state index contributed by atoms with van der Waals surface area (Å²) in [5.74, 6) is 0.206. The van der Waals surface area contributed by atoms with Crippen molar-refractivity contribution in [2.75, 3.05) is 6.61 Å². The Morgan fingerprint density at radius 3 is 2.33 bits per heavy atom. The molecule has 0 bridgehead atoms. The smallest absolute Gasteiger partial charge is 0.347 e. The molecule has 2 unspecified atom stereocenters. The Morgan fingerprint density at radius 1 is 1.29 bits per heavy atom. The zero-order chi connectivity index (χ0) is 16.0. The standard InChI is InChI=1S/C15H21Br2NO3/c1-4-11(18)6-10-7-12(16)14(13(17)8-10)21-9(3)15(19)20-5-2/h7-9,11H,4-6,18H2,1-3H3. The lowest BCUT2D eigenvalue weighted by molar-refractivity contribution is -0.150. The van der Waals surface area contributed by atoms with Crippen LogP contribution in [0.15, 0.2) is 21.1 Å². The Balaban J connectivity index is 2.87. The van der Waals surface area contributed by atoms with Crippen LogP contribution in [0.25, 0.3) is 0 Å². The first-order chi connectivity index (χ1) is 9.88. The van der Waals surface area contributed by atoms with E-state index in [9.17, 15) is 4.79 Å². The summed E-state index contributed by atoms with van der Waals surface area (Å²) in [5, 5.41) is 0. The van der Waals surface area contributed by atoms with E-state index in [4.69, 9.17) is 15.2 Å². The normalized spacial score (nSPS) is 13.6. The number of nitrogens with two attached hydrogens (primary N) is 1. The van der Waals surface area contributed by atoms with Gasteiger partial charge in [-0.25, -0.2) is 4.79 Å². The van der Waals surface area contributed by atoms with E-state index < -0.39 is 6.10 Å². The average molecular weight is 423 g/mol. The monoisotopic (exact) mass is 421 g/mol. The van der Waals surface area contributed by atoms with Crippen LogP contribution in [0.5, 0.6) is 5.75 Å². The summed E-state index contributed by atoms with van der Waals surface area (Å²) in [7, 11) is 0. The minimum Gasteiger partial charge on any atom is -0.477 e. The topological polar surface area (TPSA) is 61.5 Å². The maximum absolute atomic E-state index is 11.6. The van der Waals surface area contributed by atoms with Crippen LogP contribution in [-0.4, -0.2) is 24.7 Å². The van der Waals surface area contributed by atoms with Crippen molar-refractivity contribution < 1.29 is 14.3 Å². The Bertz CT molecular complexity index is 471. The lowest BCUT2D eigenvalue weighted by atomic mass is 10.0. The van der Waals surface area contributed by atoms with E-state index in [1.165, 1.54) is 0 Å². The van der Waals surface area contributed by atoms with Gasteiger partial charge in [0.2, 0.25) is 0 Å². The molecule has 0 fully saturated rings. The van der Waals surface area contributed by atoms with Crippen molar-refractivity contribution in [1.82, 2.24) is 0 Å². The molecule has 0 aliphatic rings. The van der Waals surface area contributed by atoms with Crippen LogP contribution in [0.1, 0.15) is 32.8 Å². The molecule has 0 radical (unpaired) electrons. The van der Waals surface area contributed by atoms with Gasteiger partial charge in [0, 0.05) is 6.04 Å². The highest BCUT2D eigenvalue weighted by atomic mass is 79.9. The van der Waals surface area contributed by atoms with Crippen molar-refractivity contribution in [3.05, 3.63) is 26.6 Å². The molecule has 118 valence electrons. The van der Waals surface area contributed by atoms with Gasteiger partial charge >= 0.3 is 5.97 Å². The highest BCUT2D eigenvalue weighted by molar-refractivity contribution is 9.11. The second-order valence-corrected chi connectivity index (χ2v) is 6.48. The highest BCUT2D eigenvalue weighted by Crippen LogP contribution is 2.36. The van der Waals surface area contributed by atoms with E-state index >= 15 is 0 Å². The van der Waals surface area contributed by atoms with Gasteiger partial charge in [0.25, 0.3) is 0 Å². The van der Waals surface area contributed by atoms with Gasteiger partial charge in [-0.1, -0.05) is 6.92 Å². The van der Waals surface area contributed by atoms with Gasteiger partial charge in [-0.2, -0.15) is 0 Å². The van der Waals surface area contributed by atoms with Crippen molar-refractivity contribution in [3.8, 4) is 5.75 Å². The number of benzene rings is 1.